The van der Waals surface area contributed by atoms with Crippen LogP contribution in [0.3, 0.4) is 0 Å². The monoisotopic (exact) mass is 360 g/mol. The fourth-order valence-electron chi connectivity index (χ4n) is 5.12. The summed E-state index contributed by atoms with van der Waals surface area (Å²) in [5, 5.41) is 0. The summed E-state index contributed by atoms with van der Waals surface area (Å²) >= 11 is 0. The van der Waals surface area contributed by atoms with Gasteiger partial charge in [-0.25, -0.2) is 0 Å². The van der Waals surface area contributed by atoms with Crippen LogP contribution in [0.15, 0.2) is 18.2 Å². The molecule has 1 amide bonds. The molecule has 1 spiro atoms. The molecule has 0 aliphatic carbocycles. The van der Waals surface area contributed by atoms with Crippen molar-refractivity contribution in [2.24, 2.45) is 11.8 Å². The molecule has 0 N–H and O–H groups in total. The number of methoxy groups -OCH3 is 2. The molecule has 4 atom stereocenters. The molecule has 1 aromatic rings. The van der Waals surface area contributed by atoms with E-state index >= 15 is 0 Å². The molecular formula is C20H28N2O4. The van der Waals surface area contributed by atoms with Crippen molar-refractivity contribution in [2.45, 2.75) is 24.5 Å². The Bertz CT molecular complexity index is 685. The molecule has 2 bridgehead atoms. The maximum atomic E-state index is 13.2. The predicted octanol–water partition coefficient (Wildman–Crippen LogP) is 1.88. The van der Waals surface area contributed by atoms with Gasteiger partial charge in [-0.3, -0.25) is 4.79 Å². The number of hydrogen-bond donors (Lipinski definition) is 0. The third kappa shape index (κ3) is 2.76. The average Bonchev–Trinajstić information content (AvgIpc) is 3.29. The highest BCUT2D eigenvalue weighted by molar-refractivity contribution is 5.95. The van der Waals surface area contributed by atoms with Gasteiger partial charge in [0.15, 0.2) is 0 Å². The largest absolute Gasteiger partial charge is 0.497 e. The molecular weight excluding hydrogens is 332 g/mol. The first-order chi connectivity index (χ1) is 12.5. The van der Waals surface area contributed by atoms with Crippen LogP contribution in [0.25, 0.3) is 0 Å². The third-order valence-electron chi connectivity index (χ3n) is 6.25. The van der Waals surface area contributed by atoms with Crippen molar-refractivity contribution in [1.82, 2.24) is 9.80 Å². The number of amides is 1. The first-order valence-corrected chi connectivity index (χ1v) is 9.30. The molecule has 0 aromatic heterocycles. The maximum absolute atomic E-state index is 13.2. The molecule has 3 saturated heterocycles. The van der Waals surface area contributed by atoms with Crippen molar-refractivity contribution in [2.75, 3.05) is 47.9 Å². The average molecular weight is 360 g/mol. The first kappa shape index (κ1) is 17.6. The summed E-state index contributed by atoms with van der Waals surface area (Å²) in [7, 11) is 7.42. The third-order valence-corrected chi connectivity index (χ3v) is 6.25. The van der Waals surface area contributed by atoms with Crippen LogP contribution in [-0.2, 0) is 4.74 Å². The summed E-state index contributed by atoms with van der Waals surface area (Å²) in [5.74, 6) is 2.24. The Hall–Kier alpha value is -1.79. The SMILES string of the molecule is COc1cc(OC)cc(C(=O)N2C[C@@H]3[C@H](CN(C)C)[C@H]4CC[C@]3(C2)O4)c1. The van der Waals surface area contributed by atoms with E-state index in [2.05, 4.69) is 19.0 Å². The van der Waals surface area contributed by atoms with E-state index in [9.17, 15) is 4.79 Å². The minimum absolute atomic E-state index is 0.0293. The topological polar surface area (TPSA) is 51.2 Å². The van der Waals surface area contributed by atoms with E-state index in [-0.39, 0.29) is 11.5 Å². The lowest BCUT2D eigenvalue weighted by Gasteiger charge is -2.30. The molecule has 6 nitrogen and oxygen atoms in total. The standard InChI is InChI=1S/C20H28N2O4/c1-21(2)10-16-17-11-22(12-20(17)6-5-18(16)26-20)19(23)13-7-14(24-3)9-15(8-13)25-4/h7-9,16-18H,5-6,10-12H2,1-4H3/t16-,17+,18+,20+/m0/s1. The van der Waals surface area contributed by atoms with Crippen molar-refractivity contribution in [3.63, 3.8) is 0 Å². The number of rotatable bonds is 5. The van der Waals surface area contributed by atoms with Crippen molar-refractivity contribution in [3.05, 3.63) is 23.8 Å². The van der Waals surface area contributed by atoms with Crippen LogP contribution < -0.4 is 9.47 Å². The van der Waals surface area contributed by atoms with Gasteiger partial charge >= 0.3 is 0 Å². The summed E-state index contributed by atoms with van der Waals surface area (Å²) in [6.45, 7) is 2.48. The zero-order valence-corrected chi connectivity index (χ0v) is 16.0. The van der Waals surface area contributed by atoms with E-state index in [1.54, 1.807) is 32.4 Å². The lowest BCUT2D eigenvalue weighted by Crippen LogP contribution is -2.40. The zero-order chi connectivity index (χ0) is 18.5. The number of benzene rings is 1. The van der Waals surface area contributed by atoms with Crippen molar-refractivity contribution in [3.8, 4) is 11.5 Å². The molecule has 0 radical (unpaired) electrons. The van der Waals surface area contributed by atoms with Gasteiger partial charge in [0.05, 0.1) is 32.5 Å². The maximum Gasteiger partial charge on any atom is 0.254 e. The lowest BCUT2D eigenvalue weighted by atomic mass is 9.73. The molecule has 3 fully saturated rings. The number of hydrogen-bond acceptors (Lipinski definition) is 5. The molecule has 142 valence electrons. The minimum atomic E-state index is -0.135. The van der Waals surface area contributed by atoms with Gasteiger partial charge in [-0.05, 0) is 39.1 Å². The van der Waals surface area contributed by atoms with Crippen LogP contribution in [-0.4, -0.2) is 75.4 Å². The van der Waals surface area contributed by atoms with Crippen LogP contribution in [0.4, 0.5) is 0 Å². The van der Waals surface area contributed by atoms with E-state index in [4.69, 9.17) is 14.2 Å². The van der Waals surface area contributed by atoms with Gasteiger partial charge in [-0.15, -0.1) is 0 Å². The second kappa shape index (κ2) is 6.43. The van der Waals surface area contributed by atoms with Crippen LogP contribution in [0.5, 0.6) is 11.5 Å². The Balaban J connectivity index is 1.56. The molecule has 6 heteroatoms. The Kier molecular flexibility index (Phi) is 4.35. The summed E-state index contributed by atoms with van der Waals surface area (Å²) < 4.78 is 17.1. The number of carbonyl (C=O) groups is 1. The Labute approximate surface area is 155 Å². The highest BCUT2D eigenvalue weighted by atomic mass is 16.5. The molecule has 0 unspecified atom stereocenters. The highest BCUT2D eigenvalue weighted by Crippen LogP contribution is 2.55. The van der Waals surface area contributed by atoms with Gasteiger partial charge in [0, 0.05) is 36.6 Å². The number of nitrogens with zero attached hydrogens (tertiary/aromatic N) is 2. The van der Waals surface area contributed by atoms with Gasteiger partial charge in [-0.1, -0.05) is 0 Å². The van der Waals surface area contributed by atoms with Crippen LogP contribution >= 0.6 is 0 Å². The van der Waals surface area contributed by atoms with E-state index < -0.39 is 0 Å². The Morgan fingerprint density at radius 2 is 1.96 bits per heavy atom. The quantitative estimate of drug-likeness (QED) is 0.803. The van der Waals surface area contributed by atoms with Gasteiger partial charge in [0.25, 0.3) is 5.91 Å². The minimum Gasteiger partial charge on any atom is -0.497 e. The highest BCUT2D eigenvalue weighted by Gasteiger charge is 2.63. The van der Waals surface area contributed by atoms with Crippen molar-refractivity contribution in [1.29, 1.82) is 0 Å². The lowest BCUT2D eigenvalue weighted by molar-refractivity contribution is 0.00256. The van der Waals surface area contributed by atoms with Crippen molar-refractivity contribution < 1.29 is 19.0 Å². The molecule has 0 saturated carbocycles. The molecule has 3 heterocycles. The van der Waals surface area contributed by atoms with E-state index in [0.717, 1.165) is 25.9 Å². The van der Waals surface area contributed by atoms with Gasteiger partial charge < -0.3 is 24.0 Å². The number of fused-ring (bicyclic) bond motifs is 1. The van der Waals surface area contributed by atoms with E-state index in [0.29, 0.717) is 41.5 Å². The smallest absolute Gasteiger partial charge is 0.254 e. The van der Waals surface area contributed by atoms with Crippen LogP contribution in [0, 0.1) is 11.8 Å². The van der Waals surface area contributed by atoms with Gasteiger partial charge in [0.2, 0.25) is 0 Å². The predicted molar refractivity (Wildman–Crippen MR) is 97.8 cm³/mol. The number of ether oxygens (including phenoxy) is 3. The molecule has 26 heavy (non-hydrogen) atoms. The molecule has 3 aliphatic heterocycles. The first-order valence-electron chi connectivity index (χ1n) is 9.30. The second-order valence-corrected chi connectivity index (χ2v) is 8.08. The summed E-state index contributed by atoms with van der Waals surface area (Å²) in [6, 6.07) is 5.35. The van der Waals surface area contributed by atoms with Gasteiger partial charge in [0.1, 0.15) is 11.5 Å². The molecule has 4 rings (SSSR count). The van der Waals surface area contributed by atoms with Crippen LogP contribution in [0.1, 0.15) is 23.2 Å². The Morgan fingerprint density at radius 3 is 2.58 bits per heavy atom. The van der Waals surface area contributed by atoms with E-state index in [1.165, 1.54) is 0 Å². The summed E-state index contributed by atoms with van der Waals surface area (Å²) in [6.07, 6.45) is 2.54. The number of likely N-dealkylation sites (tertiary alicyclic amines) is 1. The van der Waals surface area contributed by atoms with Crippen LogP contribution in [0.2, 0.25) is 0 Å². The van der Waals surface area contributed by atoms with E-state index in [1.807, 2.05) is 4.90 Å². The fraction of sp³-hybridized carbons (Fsp3) is 0.650. The van der Waals surface area contributed by atoms with Crippen molar-refractivity contribution >= 4 is 5.91 Å². The molecule has 1 aromatic carbocycles. The summed E-state index contributed by atoms with van der Waals surface area (Å²) in [5.41, 5.74) is 0.473. The normalized spacial score (nSPS) is 32.2. The molecule has 3 aliphatic rings. The second-order valence-electron chi connectivity index (χ2n) is 8.08. The fourth-order valence-corrected chi connectivity index (χ4v) is 5.12. The van der Waals surface area contributed by atoms with Gasteiger partial charge in [-0.2, -0.15) is 0 Å². The Morgan fingerprint density at radius 1 is 1.27 bits per heavy atom. The number of carbonyl (C=O) groups excluding carboxylic acids is 1. The zero-order valence-electron chi connectivity index (χ0n) is 16.0. The summed E-state index contributed by atoms with van der Waals surface area (Å²) in [4.78, 5) is 17.4.